The highest BCUT2D eigenvalue weighted by Gasteiger charge is 2.39. The van der Waals surface area contributed by atoms with Crippen molar-refractivity contribution in [3.63, 3.8) is 0 Å². The maximum atomic E-state index is 12.4. The van der Waals surface area contributed by atoms with Gasteiger partial charge in [-0.05, 0) is 19.1 Å². The molecule has 0 radical (unpaired) electrons. The van der Waals surface area contributed by atoms with Crippen LogP contribution in [0.4, 0.5) is 0 Å². The Labute approximate surface area is 125 Å². The topological polar surface area (TPSA) is 74.9 Å². The van der Waals surface area contributed by atoms with E-state index >= 15 is 0 Å². The minimum Gasteiger partial charge on any atom is -0.480 e. The van der Waals surface area contributed by atoms with Gasteiger partial charge in [-0.1, -0.05) is 6.07 Å². The molecule has 7 heteroatoms. The summed E-state index contributed by atoms with van der Waals surface area (Å²) in [6.45, 7) is 1.86. The number of rotatable bonds is 3. The van der Waals surface area contributed by atoms with Crippen LogP contribution in [0.2, 0.25) is 0 Å². The van der Waals surface area contributed by atoms with Crippen LogP contribution in [0, 0.1) is 0 Å². The van der Waals surface area contributed by atoms with Gasteiger partial charge in [0.2, 0.25) is 5.91 Å². The summed E-state index contributed by atoms with van der Waals surface area (Å²) in [6.07, 6.45) is 3.79. The third-order valence-corrected chi connectivity index (χ3v) is 4.76. The van der Waals surface area contributed by atoms with Crippen molar-refractivity contribution in [3.8, 4) is 0 Å². The van der Waals surface area contributed by atoms with E-state index in [0.29, 0.717) is 11.4 Å². The van der Waals surface area contributed by atoms with Crippen LogP contribution in [-0.4, -0.2) is 48.4 Å². The Morgan fingerprint density at radius 1 is 1.48 bits per heavy atom. The summed E-state index contributed by atoms with van der Waals surface area (Å²) in [5, 5.41) is 9.09. The molecule has 21 heavy (non-hydrogen) atoms. The number of hydrogen-bond donors (Lipinski definition) is 1. The number of carboxylic acids is 1. The highest BCUT2D eigenvalue weighted by atomic mass is 32.2. The molecule has 110 valence electrons. The molecule has 0 saturated carbocycles. The zero-order chi connectivity index (χ0) is 15.0. The fourth-order valence-corrected chi connectivity index (χ4v) is 3.72. The van der Waals surface area contributed by atoms with E-state index in [1.807, 2.05) is 35.7 Å². The van der Waals surface area contributed by atoms with Gasteiger partial charge in [0.1, 0.15) is 11.7 Å². The summed E-state index contributed by atoms with van der Waals surface area (Å²) in [5.74, 6) is -0.702. The Morgan fingerprint density at radius 3 is 3.00 bits per heavy atom. The first-order valence-electron chi connectivity index (χ1n) is 6.64. The molecule has 1 N–H and O–H groups in total. The van der Waals surface area contributed by atoms with Crippen LogP contribution in [0.15, 0.2) is 30.6 Å². The first-order chi connectivity index (χ1) is 10.1. The number of aromatic nitrogens is 2. The van der Waals surface area contributed by atoms with Gasteiger partial charge in [0.25, 0.3) is 0 Å². The molecule has 0 spiro atoms. The number of thioether (sulfide) groups is 1. The van der Waals surface area contributed by atoms with Gasteiger partial charge in [-0.25, -0.2) is 9.78 Å². The highest BCUT2D eigenvalue weighted by Crippen LogP contribution is 2.29. The first kappa shape index (κ1) is 13.9. The van der Waals surface area contributed by atoms with E-state index in [9.17, 15) is 14.7 Å². The van der Waals surface area contributed by atoms with Crippen LogP contribution in [0.3, 0.4) is 0 Å². The molecule has 1 saturated heterocycles. The van der Waals surface area contributed by atoms with E-state index in [-0.39, 0.29) is 17.7 Å². The molecule has 1 amide bonds. The molecule has 1 aliphatic rings. The zero-order valence-electron chi connectivity index (χ0n) is 11.5. The van der Waals surface area contributed by atoms with Crippen LogP contribution >= 0.6 is 11.8 Å². The van der Waals surface area contributed by atoms with Gasteiger partial charge in [-0.3, -0.25) is 4.79 Å². The fraction of sp³-hybridized carbons (Fsp3) is 0.357. The van der Waals surface area contributed by atoms with E-state index < -0.39 is 12.0 Å². The van der Waals surface area contributed by atoms with E-state index in [1.165, 1.54) is 16.7 Å². The molecule has 2 atom stereocenters. The number of carbonyl (C=O) groups is 2. The van der Waals surface area contributed by atoms with Crippen LogP contribution in [0.1, 0.15) is 12.6 Å². The molecule has 0 bridgehead atoms. The van der Waals surface area contributed by atoms with Crippen LogP contribution in [-0.2, 0) is 16.0 Å². The number of fused-ring (bicyclic) bond motifs is 1. The second-order valence-electron chi connectivity index (χ2n) is 4.96. The summed E-state index contributed by atoms with van der Waals surface area (Å²) in [5.41, 5.74) is 1.43. The third kappa shape index (κ3) is 2.61. The van der Waals surface area contributed by atoms with Crippen molar-refractivity contribution in [2.24, 2.45) is 0 Å². The van der Waals surface area contributed by atoms with Gasteiger partial charge in [-0.2, -0.15) is 0 Å². The van der Waals surface area contributed by atoms with Crippen LogP contribution in [0.25, 0.3) is 5.65 Å². The number of nitrogens with zero attached hydrogens (tertiary/aromatic N) is 3. The average Bonchev–Trinajstić information content (AvgIpc) is 3.01. The van der Waals surface area contributed by atoms with Crippen molar-refractivity contribution in [1.29, 1.82) is 0 Å². The monoisotopic (exact) mass is 305 g/mol. The number of aliphatic carboxylic acids is 1. The molecule has 1 fully saturated rings. The molecule has 2 unspecified atom stereocenters. The normalized spacial score (nSPS) is 21.9. The summed E-state index contributed by atoms with van der Waals surface area (Å²) < 4.78 is 1.85. The predicted molar refractivity (Wildman–Crippen MR) is 79.1 cm³/mol. The van der Waals surface area contributed by atoms with Crippen LogP contribution < -0.4 is 0 Å². The van der Waals surface area contributed by atoms with E-state index in [4.69, 9.17) is 0 Å². The van der Waals surface area contributed by atoms with E-state index in [1.54, 1.807) is 6.20 Å². The molecule has 3 heterocycles. The van der Waals surface area contributed by atoms with Crippen molar-refractivity contribution < 1.29 is 14.7 Å². The lowest BCUT2D eigenvalue weighted by Gasteiger charge is -2.24. The lowest BCUT2D eigenvalue weighted by molar-refractivity contribution is -0.148. The van der Waals surface area contributed by atoms with Gasteiger partial charge < -0.3 is 14.4 Å². The largest absolute Gasteiger partial charge is 0.480 e. The molecule has 1 aliphatic heterocycles. The van der Waals surface area contributed by atoms with Crippen molar-refractivity contribution in [1.82, 2.24) is 14.3 Å². The summed E-state index contributed by atoms with van der Waals surface area (Å²) in [6, 6.07) is 4.89. The zero-order valence-corrected chi connectivity index (χ0v) is 12.3. The SMILES string of the molecule is CC1SCC(C(=O)O)N1C(=O)Cc1cn2ccccc2n1. The van der Waals surface area contributed by atoms with E-state index in [2.05, 4.69) is 4.98 Å². The summed E-state index contributed by atoms with van der Waals surface area (Å²) in [7, 11) is 0. The standard InChI is InChI=1S/C14H15N3O3S/c1-9-17(11(8-21-9)14(19)20)13(18)6-10-7-16-5-3-2-4-12(16)15-10/h2-5,7,9,11H,6,8H2,1H3,(H,19,20). The predicted octanol–water partition coefficient (Wildman–Crippen LogP) is 1.25. The number of carboxylic acid groups (broad SMARTS) is 1. The van der Waals surface area contributed by atoms with Crippen molar-refractivity contribution in [2.75, 3.05) is 5.75 Å². The molecular weight excluding hydrogens is 290 g/mol. The maximum Gasteiger partial charge on any atom is 0.327 e. The van der Waals surface area contributed by atoms with Gasteiger partial charge >= 0.3 is 5.97 Å². The lowest BCUT2D eigenvalue weighted by Crippen LogP contribution is -2.45. The maximum absolute atomic E-state index is 12.4. The Morgan fingerprint density at radius 2 is 2.29 bits per heavy atom. The molecule has 2 aromatic rings. The minimum atomic E-state index is -0.949. The average molecular weight is 305 g/mol. The highest BCUT2D eigenvalue weighted by molar-refractivity contribution is 8.00. The Hall–Kier alpha value is -2.02. The Kier molecular flexibility index (Phi) is 3.59. The first-order valence-corrected chi connectivity index (χ1v) is 7.69. The lowest BCUT2D eigenvalue weighted by atomic mass is 10.2. The molecule has 2 aromatic heterocycles. The number of amides is 1. The molecule has 3 rings (SSSR count). The smallest absolute Gasteiger partial charge is 0.327 e. The van der Waals surface area contributed by atoms with Gasteiger partial charge in [0.15, 0.2) is 0 Å². The Bertz CT molecular complexity index is 667. The number of imidazole rings is 1. The fourth-order valence-electron chi connectivity index (χ4n) is 2.53. The van der Waals surface area contributed by atoms with Gasteiger partial charge in [0.05, 0.1) is 17.5 Å². The second-order valence-corrected chi connectivity index (χ2v) is 6.31. The number of pyridine rings is 1. The molecule has 6 nitrogen and oxygen atoms in total. The minimum absolute atomic E-state index is 0.115. The number of hydrogen-bond acceptors (Lipinski definition) is 4. The third-order valence-electron chi connectivity index (χ3n) is 3.54. The van der Waals surface area contributed by atoms with Gasteiger partial charge in [0, 0.05) is 18.1 Å². The van der Waals surface area contributed by atoms with Crippen molar-refractivity contribution in [3.05, 3.63) is 36.3 Å². The quantitative estimate of drug-likeness (QED) is 0.924. The summed E-state index contributed by atoms with van der Waals surface area (Å²) in [4.78, 5) is 29.5. The second kappa shape index (κ2) is 5.40. The van der Waals surface area contributed by atoms with E-state index in [0.717, 1.165) is 5.65 Å². The van der Waals surface area contributed by atoms with Crippen molar-refractivity contribution >= 4 is 29.3 Å². The molecule has 0 aromatic carbocycles. The molecular formula is C14H15N3O3S. The Balaban J connectivity index is 1.80. The van der Waals surface area contributed by atoms with Crippen molar-refractivity contribution in [2.45, 2.75) is 24.8 Å². The molecule has 0 aliphatic carbocycles. The number of carbonyl (C=O) groups excluding carboxylic acids is 1. The van der Waals surface area contributed by atoms with Crippen LogP contribution in [0.5, 0.6) is 0 Å². The van der Waals surface area contributed by atoms with Gasteiger partial charge in [-0.15, -0.1) is 11.8 Å². The summed E-state index contributed by atoms with van der Waals surface area (Å²) >= 11 is 1.48.